The Morgan fingerprint density at radius 3 is 2.57 bits per heavy atom. The first-order chi connectivity index (χ1) is 10.2. The van der Waals surface area contributed by atoms with Gasteiger partial charge in [-0.2, -0.15) is 0 Å². The van der Waals surface area contributed by atoms with E-state index in [2.05, 4.69) is 5.32 Å². The van der Waals surface area contributed by atoms with E-state index in [0.717, 1.165) is 5.56 Å². The summed E-state index contributed by atoms with van der Waals surface area (Å²) >= 11 is 0. The van der Waals surface area contributed by atoms with Gasteiger partial charge in [-0.05, 0) is 18.9 Å². The van der Waals surface area contributed by atoms with Crippen molar-refractivity contribution in [2.24, 2.45) is 0 Å². The maximum absolute atomic E-state index is 11.7. The molecule has 0 spiro atoms. The summed E-state index contributed by atoms with van der Waals surface area (Å²) in [6, 6.07) is 8.30. The lowest BCUT2D eigenvalue weighted by atomic mass is 10.2. The number of hydrogen-bond acceptors (Lipinski definition) is 5. The van der Waals surface area contributed by atoms with Crippen molar-refractivity contribution < 1.29 is 23.9 Å². The molecular weight excluding hydrogens is 274 g/mol. The number of carbonyl (C=O) groups is 3. The van der Waals surface area contributed by atoms with E-state index in [1.54, 1.807) is 6.92 Å². The molecule has 1 aromatic carbocycles. The quantitative estimate of drug-likeness (QED) is 0.584. The van der Waals surface area contributed by atoms with E-state index in [9.17, 15) is 14.4 Å². The zero-order valence-electron chi connectivity index (χ0n) is 11.9. The van der Waals surface area contributed by atoms with Crippen LogP contribution in [0.25, 0.3) is 0 Å². The van der Waals surface area contributed by atoms with Crippen LogP contribution < -0.4 is 5.32 Å². The fourth-order valence-corrected chi connectivity index (χ4v) is 1.63. The molecule has 21 heavy (non-hydrogen) atoms. The smallest absolute Gasteiger partial charge is 0.408 e. The standard InChI is InChI=1S/C15H19NO5/c1-2-20-14(18)13(9-6-10-17)16-15(19)21-11-12-7-4-3-5-8-12/h3-5,7-8,10,13H,2,6,9,11H2,1H3,(H,16,19)/t13-/m0/s1. The lowest BCUT2D eigenvalue weighted by Crippen LogP contribution is -2.42. The van der Waals surface area contributed by atoms with Gasteiger partial charge in [0.25, 0.3) is 0 Å². The summed E-state index contributed by atoms with van der Waals surface area (Å²) in [4.78, 5) is 33.7. The molecule has 0 heterocycles. The van der Waals surface area contributed by atoms with Crippen molar-refractivity contribution in [1.82, 2.24) is 5.32 Å². The number of benzene rings is 1. The summed E-state index contributed by atoms with van der Waals surface area (Å²) in [7, 11) is 0. The molecule has 0 unspecified atom stereocenters. The molecule has 6 nitrogen and oxygen atoms in total. The number of esters is 1. The molecule has 0 aliphatic carbocycles. The molecule has 0 radical (unpaired) electrons. The average Bonchev–Trinajstić information content (AvgIpc) is 2.50. The normalized spacial score (nSPS) is 11.3. The van der Waals surface area contributed by atoms with Crippen LogP contribution in [-0.4, -0.2) is 31.0 Å². The van der Waals surface area contributed by atoms with Crippen molar-refractivity contribution in [3.05, 3.63) is 35.9 Å². The molecular formula is C15H19NO5. The molecule has 1 rings (SSSR count). The van der Waals surface area contributed by atoms with Crippen LogP contribution in [0, 0.1) is 0 Å². The highest BCUT2D eigenvalue weighted by Gasteiger charge is 2.22. The molecule has 0 aromatic heterocycles. The topological polar surface area (TPSA) is 81.7 Å². The first-order valence-corrected chi connectivity index (χ1v) is 6.74. The van der Waals surface area contributed by atoms with Crippen LogP contribution in [0.4, 0.5) is 4.79 Å². The van der Waals surface area contributed by atoms with Crippen molar-refractivity contribution in [3.63, 3.8) is 0 Å². The molecule has 0 fully saturated rings. The van der Waals surface area contributed by atoms with Gasteiger partial charge in [-0.1, -0.05) is 30.3 Å². The molecule has 0 saturated heterocycles. The highest BCUT2D eigenvalue weighted by atomic mass is 16.6. The SMILES string of the molecule is CCOC(=O)[C@H](CCC=O)NC(=O)OCc1ccccc1. The maximum atomic E-state index is 11.7. The van der Waals surface area contributed by atoms with Gasteiger partial charge in [0.1, 0.15) is 18.9 Å². The Bertz CT molecular complexity index is 460. The Morgan fingerprint density at radius 1 is 1.24 bits per heavy atom. The van der Waals surface area contributed by atoms with E-state index in [4.69, 9.17) is 9.47 Å². The molecule has 1 amide bonds. The van der Waals surface area contributed by atoms with Gasteiger partial charge < -0.3 is 19.6 Å². The van der Waals surface area contributed by atoms with Crippen molar-refractivity contribution >= 4 is 18.3 Å². The van der Waals surface area contributed by atoms with Crippen LogP contribution >= 0.6 is 0 Å². The second-order valence-electron chi connectivity index (χ2n) is 4.25. The minimum absolute atomic E-state index is 0.107. The molecule has 6 heteroatoms. The maximum Gasteiger partial charge on any atom is 0.408 e. The summed E-state index contributed by atoms with van der Waals surface area (Å²) in [6.45, 7) is 1.98. The van der Waals surface area contributed by atoms with Crippen molar-refractivity contribution in [2.45, 2.75) is 32.4 Å². The first kappa shape index (κ1) is 16.7. The summed E-state index contributed by atoms with van der Waals surface area (Å²) in [5.41, 5.74) is 0.841. The Balaban J connectivity index is 2.46. The van der Waals surface area contributed by atoms with Crippen LogP contribution in [0.5, 0.6) is 0 Å². The number of carbonyl (C=O) groups excluding carboxylic acids is 3. The fourth-order valence-electron chi connectivity index (χ4n) is 1.63. The van der Waals surface area contributed by atoms with Gasteiger partial charge >= 0.3 is 12.1 Å². The predicted octanol–water partition coefficient (Wildman–Crippen LogP) is 1.82. The molecule has 1 N–H and O–H groups in total. The summed E-state index contributed by atoms with van der Waals surface area (Å²) in [5, 5.41) is 2.41. The second kappa shape index (κ2) is 9.52. The number of nitrogens with one attached hydrogen (secondary N) is 1. The number of amides is 1. The van der Waals surface area contributed by atoms with Gasteiger partial charge in [0.15, 0.2) is 0 Å². The number of alkyl carbamates (subject to hydrolysis) is 1. The van der Waals surface area contributed by atoms with Gasteiger partial charge in [-0.15, -0.1) is 0 Å². The van der Waals surface area contributed by atoms with Gasteiger partial charge in [-0.25, -0.2) is 9.59 Å². The number of aldehydes is 1. The third kappa shape index (κ3) is 6.56. The molecule has 0 bridgehead atoms. The van der Waals surface area contributed by atoms with E-state index in [1.807, 2.05) is 30.3 Å². The number of hydrogen-bond donors (Lipinski definition) is 1. The first-order valence-electron chi connectivity index (χ1n) is 6.74. The Labute approximate surface area is 123 Å². The molecule has 1 aromatic rings. The van der Waals surface area contributed by atoms with E-state index in [0.29, 0.717) is 6.29 Å². The van der Waals surface area contributed by atoms with Gasteiger partial charge in [0.05, 0.1) is 6.61 Å². The van der Waals surface area contributed by atoms with Crippen LogP contribution in [0.3, 0.4) is 0 Å². The molecule has 114 valence electrons. The lowest BCUT2D eigenvalue weighted by Gasteiger charge is -2.16. The van der Waals surface area contributed by atoms with Gasteiger partial charge in [-0.3, -0.25) is 0 Å². The summed E-state index contributed by atoms with van der Waals surface area (Å²) in [5.74, 6) is -0.573. The van der Waals surface area contributed by atoms with E-state index in [1.165, 1.54) is 0 Å². The predicted molar refractivity (Wildman–Crippen MR) is 75.5 cm³/mol. The molecule has 0 aliphatic rings. The molecule has 0 saturated carbocycles. The van der Waals surface area contributed by atoms with Crippen LogP contribution in [0.15, 0.2) is 30.3 Å². The zero-order valence-corrected chi connectivity index (χ0v) is 11.9. The van der Waals surface area contributed by atoms with E-state index in [-0.39, 0.29) is 26.1 Å². The minimum Gasteiger partial charge on any atom is -0.464 e. The van der Waals surface area contributed by atoms with Gasteiger partial charge in [0.2, 0.25) is 0 Å². The monoisotopic (exact) mass is 293 g/mol. The molecule has 0 aliphatic heterocycles. The Morgan fingerprint density at radius 2 is 1.95 bits per heavy atom. The summed E-state index contributed by atoms with van der Waals surface area (Å²) in [6.07, 6.45) is 0.303. The number of ether oxygens (including phenoxy) is 2. The Hall–Kier alpha value is -2.37. The van der Waals surface area contributed by atoms with Crippen molar-refractivity contribution in [2.75, 3.05) is 6.61 Å². The highest BCUT2D eigenvalue weighted by molar-refractivity contribution is 5.81. The van der Waals surface area contributed by atoms with Crippen molar-refractivity contribution in [1.29, 1.82) is 0 Å². The third-order valence-corrected chi connectivity index (χ3v) is 2.65. The van der Waals surface area contributed by atoms with Crippen LogP contribution in [-0.2, 0) is 25.7 Å². The minimum atomic E-state index is -0.876. The third-order valence-electron chi connectivity index (χ3n) is 2.65. The lowest BCUT2D eigenvalue weighted by molar-refractivity contribution is -0.145. The number of rotatable bonds is 8. The van der Waals surface area contributed by atoms with Gasteiger partial charge in [0, 0.05) is 6.42 Å². The highest BCUT2D eigenvalue weighted by Crippen LogP contribution is 2.03. The Kier molecular flexibility index (Phi) is 7.56. The average molecular weight is 293 g/mol. The second-order valence-corrected chi connectivity index (χ2v) is 4.25. The zero-order chi connectivity index (χ0) is 15.5. The van der Waals surface area contributed by atoms with E-state index >= 15 is 0 Å². The van der Waals surface area contributed by atoms with Crippen LogP contribution in [0.1, 0.15) is 25.3 Å². The molecule has 1 atom stereocenters. The van der Waals surface area contributed by atoms with Crippen LogP contribution in [0.2, 0.25) is 0 Å². The fraction of sp³-hybridized carbons (Fsp3) is 0.400. The largest absolute Gasteiger partial charge is 0.464 e. The van der Waals surface area contributed by atoms with Crippen molar-refractivity contribution in [3.8, 4) is 0 Å². The summed E-state index contributed by atoms with van der Waals surface area (Å²) < 4.78 is 9.86. The van der Waals surface area contributed by atoms with E-state index < -0.39 is 18.1 Å².